The number of piperidine rings is 1. The van der Waals surface area contributed by atoms with E-state index in [1.165, 1.54) is 32.1 Å². The maximum Gasteiger partial charge on any atom is 0.173 e. The Kier molecular flexibility index (Phi) is 5.41. The molecular formula is C22H33N5O. The van der Waals surface area contributed by atoms with Gasteiger partial charge in [0.25, 0.3) is 0 Å². The van der Waals surface area contributed by atoms with Crippen LogP contribution in [0.1, 0.15) is 70.3 Å². The molecule has 3 atom stereocenters. The summed E-state index contributed by atoms with van der Waals surface area (Å²) in [6.07, 6.45) is 6.79. The van der Waals surface area contributed by atoms with E-state index in [0.29, 0.717) is 0 Å². The van der Waals surface area contributed by atoms with Gasteiger partial charge in [0.1, 0.15) is 11.8 Å². The smallest absolute Gasteiger partial charge is 0.173 e. The van der Waals surface area contributed by atoms with Crippen LogP contribution in [0, 0.1) is 11.8 Å². The molecule has 1 aromatic heterocycles. The van der Waals surface area contributed by atoms with E-state index in [4.69, 9.17) is 4.74 Å². The van der Waals surface area contributed by atoms with E-state index in [1.54, 1.807) is 7.11 Å². The number of fused-ring (bicyclic) bond motifs is 1. The van der Waals surface area contributed by atoms with Gasteiger partial charge in [0.05, 0.1) is 12.6 Å². The molecule has 152 valence electrons. The zero-order valence-electron chi connectivity index (χ0n) is 17.6. The van der Waals surface area contributed by atoms with Gasteiger partial charge in [-0.05, 0) is 68.5 Å². The third-order valence-electron chi connectivity index (χ3n) is 6.49. The predicted molar refractivity (Wildman–Crippen MR) is 109 cm³/mol. The lowest BCUT2D eigenvalue weighted by molar-refractivity contribution is 0.0616. The van der Waals surface area contributed by atoms with Gasteiger partial charge >= 0.3 is 0 Å². The molecule has 2 heterocycles. The molecule has 0 N–H and O–H groups in total. The number of likely N-dealkylation sites (tertiary alicyclic amines) is 1. The number of ether oxygens (including phenoxy) is 1. The Balaban J connectivity index is 1.76. The van der Waals surface area contributed by atoms with E-state index < -0.39 is 0 Å². The molecule has 2 aromatic rings. The van der Waals surface area contributed by atoms with Crippen LogP contribution >= 0.6 is 0 Å². The lowest BCUT2D eigenvalue weighted by atomic mass is 9.74. The second-order valence-electron chi connectivity index (χ2n) is 9.35. The molecule has 0 bridgehead atoms. The topological polar surface area (TPSA) is 56.1 Å². The SMILES string of the molecule is COc1ccccc1C(c1nnnn1C(C)(C)C)N1CCC2CCCCC2C1. The number of rotatable bonds is 4. The Morgan fingerprint density at radius 3 is 2.57 bits per heavy atom. The number of nitrogens with zero attached hydrogens (tertiary/aromatic N) is 5. The van der Waals surface area contributed by atoms with Gasteiger partial charge in [-0.15, -0.1) is 5.10 Å². The van der Waals surface area contributed by atoms with E-state index >= 15 is 0 Å². The molecular weight excluding hydrogens is 350 g/mol. The van der Waals surface area contributed by atoms with Crippen LogP contribution in [0.25, 0.3) is 0 Å². The molecule has 0 spiro atoms. The molecule has 6 nitrogen and oxygen atoms in total. The van der Waals surface area contributed by atoms with Crippen molar-refractivity contribution >= 4 is 0 Å². The van der Waals surface area contributed by atoms with Crippen molar-refractivity contribution in [1.29, 1.82) is 0 Å². The third kappa shape index (κ3) is 3.66. The Morgan fingerprint density at radius 1 is 1.07 bits per heavy atom. The van der Waals surface area contributed by atoms with Gasteiger partial charge < -0.3 is 4.74 Å². The fraction of sp³-hybridized carbons (Fsp3) is 0.682. The van der Waals surface area contributed by atoms with Crippen molar-refractivity contribution in [2.45, 2.75) is 64.5 Å². The Bertz CT molecular complexity index is 796. The van der Waals surface area contributed by atoms with E-state index in [2.05, 4.69) is 53.3 Å². The highest BCUT2D eigenvalue weighted by Gasteiger charge is 2.38. The molecule has 1 aliphatic carbocycles. The average molecular weight is 384 g/mol. The van der Waals surface area contributed by atoms with Gasteiger partial charge in [-0.25, -0.2) is 4.68 Å². The number of para-hydroxylation sites is 1. The monoisotopic (exact) mass is 383 g/mol. The van der Waals surface area contributed by atoms with Crippen LogP contribution in [0.15, 0.2) is 24.3 Å². The number of hydrogen-bond acceptors (Lipinski definition) is 5. The van der Waals surface area contributed by atoms with Crippen molar-refractivity contribution in [2.75, 3.05) is 20.2 Å². The molecule has 2 aliphatic rings. The first kappa shape index (κ1) is 19.4. The lowest BCUT2D eigenvalue weighted by Crippen LogP contribution is -2.45. The highest BCUT2D eigenvalue weighted by atomic mass is 16.5. The van der Waals surface area contributed by atoms with E-state index in [0.717, 1.165) is 42.1 Å². The molecule has 1 saturated carbocycles. The second-order valence-corrected chi connectivity index (χ2v) is 9.35. The maximum absolute atomic E-state index is 5.74. The minimum Gasteiger partial charge on any atom is -0.496 e. The van der Waals surface area contributed by atoms with Crippen LogP contribution < -0.4 is 4.74 Å². The summed E-state index contributed by atoms with van der Waals surface area (Å²) in [6, 6.07) is 8.33. The van der Waals surface area contributed by atoms with Crippen LogP contribution in [-0.2, 0) is 5.54 Å². The number of methoxy groups -OCH3 is 1. The molecule has 1 saturated heterocycles. The standard InChI is InChI=1S/C22H33N5O/c1-22(2,3)27-21(23-24-25-27)20(18-11-7-8-12-19(18)28-4)26-14-13-16-9-5-6-10-17(16)15-26/h7-8,11-12,16-17,20H,5-6,9-10,13-15H2,1-4H3. The Morgan fingerprint density at radius 2 is 1.82 bits per heavy atom. The van der Waals surface area contributed by atoms with Gasteiger partial charge in [-0.2, -0.15) is 0 Å². The first-order valence-corrected chi connectivity index (χ1v) is 10.6. The Hall–Kier alpha value is -1.95. The summed E-state index contributed by atoms with van der Waals surface area (Å²) in [5.41, 5.74) is 0.974. The summed E-state index contributed by atoms with van der Waals surface area (Å²) in [5.74, 6) is 3.49. The highest BCUT2D eigenvalue weighted by molar-refractivity contribution is 5.39. The number of benzene rings is 1. The molecule has 3 unspecified atom stereocenters. The largest absolute Gasteiger partial charge is 0.496 e. The molecule has 6 heteroatoms. The lowest BCUT2D eigenvalue weighted by Gasteiger charge is -2.44. The minimum absolute atomic E-state index is 0.00764. The van der Waals surface area contributed by atoms with Crippen molar-refractivity contribution in [3.63, 3.8) is 0 Å². The van der Waals surface area contributed by atoms with E-state index in [9.17, 15) is 0 Å². The predicted octanol–water partition coefficient (Wildman–Crippen LogP) is 4.04. The van der Waals surface area contributed by atoms with Crippen LogP contribution in [0.2, 0.25) is 0 Å². The summed E-state index contributed by atoms with van der Waals surface area (Å²) in [5, 5.41) is 12.9. The first-order chi connectivity index (χ1) is 13.5. The van der Waals surface area contributed by atoms with Crippen molar-refractivity contribution in [1.82, 2.24) is 25.1 Å². The summed E-state index contributed by atoms with van der Waals surface area (Å²) < 4.78 is 7.73. The van der Waals surface area contributed by atoms with Crippen LogP contribution in [0.3, 0.4) is 0 Å². The zero-order valence-corrected chi connectivity index (χ0v) is 17.6. The highest BCUT2D eigenvalue weighted by Crippen LogP contribution is 2.42. The fourth-order valence-electron chi connectivity index (χ4n) is 5.10. The van der Waals surface area contributed by atoms with Gasteiger partial charge in [0, 0.05) is 12.1 Å². The van der Waals surface area contributed by atoms with Crippen molar-refractivity contribution < 1.29 is 4.74 Å². The van der Waals surface area contributed by atoms with Gasteiger partial charge in [-0.3, -0.25) is 4.90 Å². The van der Waals surface area contributed by atoms with Crippen molar-refractivity contribution in [3.8, 4) is 5.75 Å². The fourth-order valence-corrected chi connectivity index (χ4v) is 5.10. The van der Waals surface area contributed by atoms with Gasteiger partial charge in [-0.1, -0.05) is 37.5 Å². The molecule has 0 amide bonds. The first-order valence-electron chi connectivity index (χ1n) is 10.6. The number of aromatic nitrogens is 4. The summed E-state index contributed by atoms with van der Waals surface area (Å²) >= 11 is 0. The van der Waals surface area contributed by atoms with Gasteiger partial charge in [0.15, 0.2) is 5.82 Å². The molecule has 1 aliphatic heterocycles. The van der Waals surface area contributed by atoms with E-state index in [-0.39, 0.29) is 11.6 Å². The van der Waals surface area contributed by atoms with Crippen LogP contribution in [-0.4, -0.2) is 45.3 Å². The molecule has 2 fully saturated rings. The van der Waals surface area contributed by atoms with E-state index in [1.807, 2.05) is 16.8 Å². The molecule has 4 rings (SSSR count). The minimum atomic E-state index is -0.178. The summed E-state index contributed by atoms with van der Waals surface area (Å²) in [6.45, 7) is 8.66. The van der Waals surface area contributed by atoms with Crippen molar-refractivity contribution in [2.24, 2.45) is 11.8 Å². The molecule has 0 radical (unpaired) electrons. The van der Waals surface area contributed by atoms with Crippen LogP contribution in [0.4, 0.5) is 0 Å². The summed E-state index contributed by atoms with van der Waals surface area (Å²) in [7, 11) is 1.75. The Labute approximate surface area is 168 Å². The number of hydrogen-bond donors (Lipinski definition) is 0. The third-order valence-corrected chi connectivity index (χ3v) is 6.49. The average Bonchev–Trinajstić information content (AvgIpc) is 3.18. The normalized spacial score (nSPS) is 24.6. The van der Waals surface area contributed by atoms with Crippen LogP contribution in [0.5, 0.6) is 5.75 Å². The van der Waals surface area contributed by atoms with Crippen molar-refractivity contribution in [3.05, 3.63) is 35.7 Å². The quantitative estimate of drug-likeness (QED) is 0.798. The second kappa shape index (κ2) is 7.82. The number of tetrazole rings is 1. The maximum atomic E-state index is 5.74. The summed E-state index contributed by atoms with van der Waals surface area (Å²) in [4.78, 5) is 2.60. The molecule has 28 heavy (non-hydrogen) atoms. The molecule has 1 aromatic carbocycles. The zero-order chi connectivity index (χ0) is 19.7. The van der Waals surface area contributed by atoms with Gasteiger partial charge in [0.2, 0.25) is 0 Å².